The molecule has 1 fully saturated rings. The summed E-state index contributed by atoms with van der Waals surface area (Å²) in [6, 6.07) is 0. The molecule has 9 nitrogen and oxygen atoms in total. The fourth-order valence-corrected chi connectivity index (χ4v) is 3.41. The highest BCUT2D eigenvalue weighted by Crippen LogP contribution is 2.47. The predicted octanol–water partition coefficient (Wildman–Crippen LogP) is 1.01. The second-order valence-corrected chi connectivity index (χ2v) is 6.70. The average molecular weight is 384 g/mol. The van der Waals surface area contributed by atoms with Crippen LogP contribution in [-0.4, -0.2) is 43.0 Å². The Morgan fingerprint density at radius 1 is 1.38 bits per heavy atom. The van der Waals surface area contributed by atoms with E-state index in [2.05, 4.69) is 16.2 Å². The third kappa shape index (κ3) is 4.37. The van der Waals surface area contributed by atoms with E-state index >= 15 is 0 Å². The van der Waals surface area contributed by atoms with Crippen LogP contribution in [0.4, 0.5) is 0 Å². The molecular weight excluding hydrogens is 360 g/mol. The summed E-state index contributed by atoms with van der Waals surface area (Å²) in [5, 5.41) is 14.1. The number of hydrogen-bond donors (Lipinski definition) is 3. The van der Waals surface area contributed by atoms with E-state index in [-0.39, 0.29) is 22.6 Å². The van der Waals surface area contributed by atoms with Crippen molar-refractivity contribution in [2.24, 2.45) is 11.8 Å². The number of carbonyl (C=O) groups is 1. The van der Waals surface area contributed by atoms with Crippen LogP contribution in [0.3, 0.4) is 0 Å². The molecule has 1 unspecified atom stereocenters. The van der Waals surface area contributed by atoms with Crippen LogP contribution in [0.1, 0.15) is 25.7 Å². The van der Waals surface area contributed by atoms with Gasteiger partial charge in [0.2, 0.25) is 11.6 Å². The van der Waals surface area contributed by atoms with E-state index in [4.69, 9.17) is 21.7 Å². The number of methoxy groups -OCH3 is 2. The van der Waals surface area contributed by atoms with E-state index in [1.54, 1.807) is 21.3 Å². The molecule has 3 N–H and O–H groups in total. The molecule has 1 saturated carbocycles. The summed E-state index contributed by atoms with van der Waals surface area (Å²) >= 11 is 4.96. The van der Waals surface area contributed by atoms with E-state index < -0.39 is 16.6 Å². The number of rotatable bonds is 6. The largest absolute Gasteiger partial charge is 0.364 e. The average Bonchev–Trinajstić information content (AvgIpc) is 2.62. The molecule has 0 aromatic heterocycles. The Balaban J connectivity index is 2.20. The Labute approximate surface area is 157 Å². The Morgan fingerprint density at radius 3 is 2.58 bits per heavy atom. The molecule has 1 amide bonds. The number of hydrogen-bond acceptors (Lipinski definition) is 6. The van der Waals surface area contributed by atoms with Gasteiger partial charge in [-0.15, -0.1) is 0 Å². The minimum absolute atomic E-state index is 0.0616. The maximum Gasteiger partial charge on any atom is 0.246 e. The topological polar surface area (TPSA) is 115 Å². The maximum atomic E-state index is 12.8. The normalized spacial score (nSPS) is 20.1. The number of carbonyl (C=O) groups excluding carboxylic acids is 1. The Morgan fingerprint density at radius 2 is 2.04 bits per heavy atom. The zero-order chi connectivity index (χ0) is 19.3. The van der Waals surface area contributed by atoms with E-state index in [0.717, 1.165) is 0 Å². The Hall–Kier alpha value is -2.04. The number of nitro groups is 1. The van der Waals surface area contributed by atoms with Gasteiger partial charge < -0.3 is 14.8 Å². The predicted molar refractivity (Wildman–Crippen MR) is 98.3 cm³/mol. The van der Waals surface area contributed by atoms with Crippen LogP contribution < -0.4 is 16.2 Å². The van der Waals surface area contributed by atoms with Crippen LogP contribution in [0.5, 0.6) is 0 Å². The molecule has 26 heavy (non-hydrogen) atoms. The first kappa shape index (κ1) is 20.3. The first-order valence-corrected chi connectivity index (χ1v) is 8.69. The van der Waals surface area contributed by atoms with Crippen LogP contribution in [0.25, 0.3) is 0 Å². The molecule has 0 aromatic carbocycles. The van der Waals surface area contributed by atoms with Crippen LogP contribution >= 0.6 is 12.2 Å². The van der Waals surface area contributed by atoms with Gasteiger partial charge in [-0.25, -0.2) is 0 Å². The molecule has 0 heterocycles. The highest BCUT2D eigenvalue weighted by atomic mass is 32.1. The second kappa shape index (κ2) is 8.56. The van der Waals surface area contributed by atoms with Gasteiger partial charge in [-0.05, 0) is 30.1 Å². The lowest BCUT2D eigenvalue weighted by molar-refractivity contribution is -0.428. The van der Waals surface area contributed by atoms with E-state index in [1.807, 2.05) is 6.08 Å². The summed E-state index contributed by atoms with van der Waals surface area (Å²) in [5.41, 5.74) is 5.94. The molecule has 0 bridgehead atoms. The first-order chi connectivity index (χ1) is 12.4. The molecule has 0 aromatic rings. The van der Waals surface area contributed by atoms with Gasteiger partial charge >= 0.3 is 0 Å². The van der Waals surface area contributed by atoms with Crippen LogP contribution in [-0.2, 0) is 14.3 Å². The summed E-state index contributed by atoms with van der Waals surface area (Å²) < 4.78 is 10.8. The lowest BCUT2D eigenvalue weighted by Crippen LogP contribution is -2.55. The fourth-order valence-electron chi connectivity index (χ4n) is 3.36. The number of thiocarbonyl (C=S) groups is 1. The minimum Gasteiger partial charge on any atom is -0.364 e. The monoisotopic (exact) mass is 384 g/mol. The summed E-state index contributed by atoms with van der Waals surface area (Å²) in [5.74, 6) is -1.63. The van der Waals surface area contributed by atoms with Crippen molar-refractivity contribution in [1.82, 2.24) is 16.2 Å². The standard InChI is InChI=1S/C16H24N4O5S/c1-17-15(26)19-18-14(21)13(11-8-16(9-11,24-2)25-3)10-5-4-6-12(7-10)20(22)23/h5,7,11,13H,4,6,8-9H2,1-3H3,(H,18,21)(H2,17,19,26). The van der Waals surface area contributed by atoms with Crippen LogP contribution in [0.15, 0.2) is 23.4 Å². The molecule has 0 spiro atoms. The second-order valence-electron chi connectivity index (χ2n) is 6.29. The van der Waals surface area contributed by atoms with Gasteiger partial charge in [0.1, 0.15) is 0 Å². The molecule has 0 aliphatic heterocycles. The van der Waals surface area contributed by atoms with Crippen molar-refractivity contribution in [3.05, 3.63) is 33.5 Å². The van der Waals surface area contributed by atoms with Crippen LogP contribution in [0, 0.1) is 22.0 Å². The maximum absolute atomic E-state index is 12.8. The lowest BCUT2D eigenvalue weighted by Gasteiger charge is -2.48. The molecule has 2 aliphatic rings. The van der Waals surface area contributed by atoms with E-state index in [9.17, 15) is 14.9 Å². The summed E-state index contributed by atoms with van der Waals surface area (Å²) in [6.07, 6.45) is 5.32. The van der Waals surface area contributed by atoms with Crippen molar-refractivity contribution >= 4 is 23.2 Å². The third-order valence-electron chi connectivity index (χ3n) is 4.88. The number of amides is 1. The highest BCUT2D eigenvalue weighted by Gasteiger charge is 2.51. The Bertz CT molecular complexity index is 637. The summed E-state index contributed by atoms with van der Waals surface area (Å²) in [7, 11) is 4.75. The van der Waals surface area contributed by atoms with Crippen molar-refractivity contribution in [3.8, 4) is 0 Å². The van der Waals surface area contributed by atoms with Gasteiger partial charge in [-0.2, -0.15) is 0 Å². The van der Waals surface area contributed by atoms with Crippen molar-refractivity contribution < 1.29 is 19.2 Å². The minimum atomic E-state index is -0.707. The van der Waals surface area contributed by atoms with Gasteiger partial charge in [0.05, 0.1) is 10.8 Å². The number of hydrazine groups is 1. The third-order valence-corrected chi connectivity index (χ3v) is 5.18. The molecule has 2 aliphatic carbocycles. The SMILES string of the molecule is CNC(=S)NNC(=O)C(C1=CCCC([N+](=O)[O-])=C1)C1CC(OC)(OC)C1. The summed E-state index contributed by atoms with van der Waals surface area (Å²) in [6.45, 7) is 0. The molecule has 144 valence electrons. The molecule has 2 rings (SSSR count). The lowest BCUT2D eigenvalue weighted by atomic mass is 9.67. The van der Waals surface area contributed by atoms with E-state index in [0.29, 0.717) is 31.3 Å². The van der Waals surface area contributed by atoms with Gasteiger partial charge in [-0.3, -0.25) is 25.8 Å². The zero-order valence-corrected chi connectivity index (χ0v) is 15.9. The van der Waals surface area contributed by atoms with Gasteiger partial charge in [0.25, 0.3) is 0 Å². The fraction of sp³-hybridized carbons (Fsp3) is 0.625. The quantitative estimate of drug-likeness (QED) is 0.269. The molecule has 1 atom stereocenters. The number of ether oxygens (including phenoxy) is 2. The molecular formula is C16H24N4O5S. The number of nitrogens with zero attached hydrogens (tertiary/aromatic N) is 1. The van der Waals surface area contributed by atoms with Crippen molar-refractivity contribution in [3.63, 3.8) is 0 Å². The first-order valence-electron chi connectivity index (χ1n) is 8.28. The van der Waals surface area contributed by atoms with Gasteiger partial charge in [0.15, 0.2) is 10.9 Å². The van der Waals surface area contributed by atoms with Crippen molar-refractivity contribution in [2.75, 3.05) is 21.3 Å². The van der Waals surface area contributed by atoms with Gasteiger partial charge in [-0.1, -0.05) is 6.08 Å². The van der Waals surface area contributed by atoms with Crippen LogP contribution in [0.2, 0.25) is 0 Å². The zero-order valence-electron chi connectivity index (χ0n) is 15.0. The molecule has 10 heteroatoms. The highest BCUT2D eigenvalue weighted by molar-refractivity contribution is 7.80. The van der Waals surface area contributed by atoms with E-state index in [1.165, 1.54) is 6.08 Å². The number of nitrogens with one attached hydrogen (secondary N) is 3. The molecule has 0 radical (unpaired) electrons. The molecule has 0 saturated heterocycles. The smallest absolute Gasteiger partial charge is 0.246 e. The van der Waals surface area contributed by atoms with Crippen molar-refractivity contribution in [2.45, 2.75) is 31.5 Å². The van der Waals surface area contributed by atoms with Gasteiger partial charge in [0, 0.05) is 46.6 Å². The number of allylic oxidation sites excluding steroid dienone is 3. The van der Waals surface area contributed by atoms with Crippen molar-refractivity contribution in [1.29, 1.82) is 0 Å². The summed E-state index contributed by atoms with van der Waals surface area (Å²) in [4.78, 5) is 23.5. The Kier molecular flexibility index (Phi) is 6.68.